The monoisotopic (exact) mass is 592 g/mol. The summed E-state index contributed by atoms with van der Waals surface area (Å²) in [6, 6.07) is 12.1. The lowest BCUT2D eigenvalue weighted by Crippen LogP contribution is -2.32. The number of nitrogens with zero attached hydrogens (tertiary/aromatic N) is 4. The number of para-hydroxylation sites is 1. The van der Waals surface area contributed by atoms with Crippen molar-refractivity contribution in [2.75, 3.05) is 46.2 Å². The summed E-state index contributed by atoms with van der Waals surface area (Å²) in [4.78, 5) is 20.3. The number of carbonyl (C=O) groups is 1. The maximum absolute atomic E-state index is 14.0. The van der Waals surface area contributed by atoms with E-state index in [1.165, 1.54) is 11.9 Å². The number of carboxylic acid groups (broad SMARTS) is 1. The van der Waals surface area contributed by atoms with Crippen LogP contribution in [0.1, 0.15) is 36.0 Å². The molecule has 41 heavy (non-hydrogen) atoms. The number of unbranched alkanes of at least 4 members (excludes halogenated alkanes) is 1. The Bertz CT molecular complexity index is 1520. The molecule has 0 atom stereocenters. The van der Waals surface area contributed by atoms with Gasteiger partial charge in [-0.3, -0.25) is 9.10 Å². The third kappa shape index (κ3) is 7.57. The lowest BCUT2D eigenvalue weighted by atomic mass is 10.1. The minimum absolute atomic E-state index is 0.0183. The van der Waals surface area contributed by atoms with Gasteiger partial charge in [0.05, 0.1) is 11.9 Å². The number of alkyl halides is 3. The first-order valence-electron chi connectivity index (χ1n) is 12.9. The Morgan fingerprint density at radius 2 is 1.93 bits per heavy atom. The fraction of sp³-hybridized carbons (Fsp3) is 0.370. The quantitative estimate of drug-likeness (QED) is 0.253. The van der Waals surface area contributed by atoms with Crippen molar-refractivity contribution in [1.29, 1.82) is 0 Å². The Morgan fingerprint density at radius 1 is 1.17 bits per heavy atom. The topological polar surface area (TPSA) is 128 Å². The van der Waals surface area contributed by atoms with Crippen molar-refractivity contribution in [3.8, 4) is 0 Å². The molecule has 0 saturated heterocycles. The van der Waals surface area contributed by atoms with Gasteiger partial charge in [0.15, 0.2) is 0 Å². The molecule has 0 aliphatic carbocycles. The molecule has 0 unspecified atom stereocenters. The Balaban J connectivity index is 1.62. The number of nitrogens with one attached hydrogen (secondary N) is 2. The van der Waals surface area contributed by atoms with Crippen LogP contribution in [0.25, 0.3) is 0 Å². The first-order valence-corrected chi connectivity index (χ1v) is 14.7. The molecule has 1 aliphatic heterocycles. The number of fused-ring (bicyclic) bond motifs is 1. The van der Waals surface area contributed by atoms with Crippen molar-refractivity contribution >= 4 is 44.8 Å². The van der Waals surface area contributed by atoms with Gasteiger partial charge in [-0.25, -0.2) is 13.4 Å². The van der Waals surface area contributed by atoms with Crippen LogP contribution in [0, 0.1) is 0 Å². The molecule has 0 amide bonds. The van der Waals surface area contributed by atoms with Gasteiger partial charge < -0.3 is 20.6 Å². The van der Waals surface area contributed by atoms with Crippen LogP contribution in [0.15, 0.2) is 48.7 Å². The van der Waals surface area contributed by atoms with Crippen LogP contribution in [0.5, 0.6) is 0 Å². The van der Waals surface area contributed by atoms with Gasteiger partial charge in [-0.15, -0.1) is 0 Å². The normalized spacial score (nSPS) is 12.9. The molecule has 1 aliphatic rings. The minimum atomic E-state index is -4.73. The van der Waals surface area contributed by atoms with Crippen LogP contribution >= 0.6 is 0 Å². The summed E-state index contributed by atoms with van der Waals surface area (Å²) in [5.41, 5.74) is 2.44. The second-order valence-corrected chi connectivity index (χ2v) is 11.7. The van der Waals surface area contributed by atoms with E-state index in [-0.39, 0.29) is 37.7 Å². The van der Waals surface area contributed by atoms with E-state index in [2.05, 4.69) is 20.6 Å². The molecule has 0 bridgehead atoms. The zero-order chi connectivity index (χ0) is 29.8. The summed E-state index contributed by atoms with van der Waals surface area (Å²) >= 11 is 0. The molecule has 0 saturated carbocycles. The molecule has 10 nitrogen and oxygen atoms in total. The third-order valence-electron chi connectivity index (χ3n) is 6.58. The van der Waals surface area contributed by atoms with Crippen LogP contribution in [0.2, 0.25) is 0 Å². The summed E-state index contributed by atoms with van der Waals surface area (Å²) in [6.45, 7) is 0.741. The number of halogens is 3. The average Bonchev–Trinajstić information content (AvgIpc) is 3.36. The van der Waals surface area contributed by atoms with Crippen LogP contribution in [-0.4, -0.2) is 55.9 Å². The molecular weight excluding hydrogens is 561 g/mol. The summed E-state index contributed by atoms with van der Waals surface area (Å²) in [7, 11) is -2.33. The maximum atomic E-state index is 14.0. The Kier molecular flexibility index (Phi) is 8.90. The molecule has 220 valence electrons. The molecule has 4 rings (SSSR count). The highest BCUT2D eigenvalue weighted by atomic mass is 32.2. The average molecular weight is 593 g/mol. The second kappa shape index (κ2) is 12.2. The molecule has 2 heterocycles. The summed E-state index contributed by atoms with van der Waals surface area (Å²) in [5, 5.41) is 15.1. The smallest absolute Gasteiger partial charge is 0.421 e. The van der Waals surface area contributed by atoms with Gasteiger partial charge in [0.2, 0.25) is 16.0 Å². The van der Waals surface area contributed by atoms with Crippen LogP contribution in [-0.2, 0) is 34.0 Å². The number of aromatic nitrogens is 2. The first-order chi connectivity index (χ1) is 19.3. The first kappa shape index (κ1) is 29.9. The summed E-state index contributed by atoms with van der Waals surface area (Å²) in [6.07, 6.45) is -1.68. The Labute approximate surface area is 236 Å². The number of aliphatic carboxylic acids is 1. The van der Waals surface area contributed by atoms with E-state index in [1.54, 1.807) is 30.3 Å². The molecular formula is C27H31F3N6O4S. The van der Waals surface area contributed by atoms with E-state index >= 15 is 0 Å². The Hall–Kier alpha value is -4.07. The van der Waals surface area contributed by atoms with Gasteiger partial charge in [0, 0.05) is 50.7 Å². The molecule has 0 spiro atoms. The summed E-state index contributed by atoms with van der Waals surface area (Å²) < 4.78 is 68.4. The highest BCUT2D eigenvalue weighted by Crippen LogP contribution is 2.37. The number of benzene rings is 2. The minimum Gasteiger partial charge on any atom is -0.481 e. The van der Waals surface area contributed by atoms with E-state index in [1.807, 2.05) is 12.1 Å². The zero-order valence-corrected chi connectivity index (χ0v) is 23.4. The fourth-order valence-corrected chi connectivity index (χ4v) is 5.65. The number of hydrogen-bond acceptors (Lipinski definition) is 8. The molecule has 0 fully saturated rings. The van der Waals surface area contributed by atoms with Crippen molar-refractivity contribution < 1.29 is 31.5 Å². The molecule has 1 aromatic heterocycles. The van der Waals surface area contributed by atoms with Crippen molar-refractivity contribution in [2.45, 2.75) is 38.4 Å². The van der Waals surface area contributed by atoms with E-state index in [0.29, 0.717) is 23.4 Å². The van der Waals surface area contributed by atoms with Gasteiger partial charge in [0.25, 0.3) is 0 Å². The van der Waals surface area contributed by atoms with Crippen molar-refractivity contribution in [3.05, 3.63) is 65.4 Å². The van der Waals surface area contributed by atoms with Crippen LogP contribution < -0.4 is 19.8 Å². The van der Waals surface area contributed by atoms with E-state index in [9.17, 15) is 26.4 Å². The van der Waals surface area contributed by atoms with E-state index in [0.717, 1.165) is 41.0 Å². The highest BCUT2D eigenvalue weighted by molar-refractivity contribution is 7.92. The standard InChI is InChI=1S/C27H31F3N6O4S/c1-35(17-19-7-3-4-8-23(19)36(41(2,39)40)14-6-5-9-24(37)38)25-21(27(28,29)30)16-32-26(34-25)33-20-10-11-22-18(15-20)12-13-31-22/h3-4,7-8,10-11,15-16,31H,5-6,9,12-14,17H2,1-2H3,(H,37,38)(H,32,33,34). The predicted molar refractivity (Wildman–Crippen MR) is 151 cm³/mol. The van der Waals surface area contributed by atoms with Crippen LogP contribution in [0.3, 0.4) is 0 Å². The number of rotatable bonds is 12. The highest BCUT2D eigenvalue weighted by Gasteiger charge is 2.36. The van der Waals surface area contributed by atoms with Gasteiger partial charge >= 0.3 is 12.1 Å². The molecule has 0 radical (unpaired) electrons. The molecule has 14 heteroatoms. The maximum Gasteiger partial charge on any atom is 0.421 e. The third-order valence-corrected chi connectivity index (χ3v) is 7.76. The summed E-state index contributed by atoms with van der Waals surface area (Å²) in [5.74, 6) is -1.37. The number of anilines is 5. The second-order valence-electron chi connectivity index (χ2n) is 9.77. The van der Waals surface area contributed by atoms with Crippen molar-refractivity contribution in [2.24, 2.45) is 0 Å². The van der Waals surface area contributed by atoms with Crippen molar-refractivity contribution in [3.63, 3.8) is 0 Å². The predicted octanol–water partition coefficient (Wildman–Crippen LogP) is 4.86. The molecule has 3 N–H and O–H groups in total. The Morgan fingerprint density at radius 3 is 2.63 bits per heavy atom. The lowest BCUT2D eigenvalue weighted by Gasteiger charge is -2.28. The largest absolute Gasteiger partial charge is 0.481 e. The van der Waals surface area contributed by atoms with Gasteiger partial charge in [-0.1, -0.05) is 18.2 Å². The number of hydrogen-bond donors (Lipinski definition) is 3. The van der Waals surface area contributed by atoms with E-state index < -0.39 is 27.7 Å². The SMILES string of the molecule is CN(Cc1ccccc1N(CCCCC(=O)O)S(C)(=O)=O)c1nc(Nc2ccc3c(c2)CCN3)ncc1C(F)(F)F. The van der Waals surface area contributed by atoms with Crippen LogP contribution in [0.4, 0.5) is 42.0 Å². The van der Waals surface area contributed by atoms with Crippen molar-refractivity contribution in [1.82, 2.24) is 9.97 Å². The number of sulfonamides is 1. The van der Waals surface area contributed by atoms with Gasteiger partial charge in [0.1, 0.15) is 11.4 Å². The molecule has 3 aromatic rings. The van der Waals surface area contributed by atoms with Gasteiger partial charge in [-0.05, 0) is 54.7 Å². The molecule has 2 aromatic carbocycles. The fourth-order valence-electron chi connectivity index (χ4n) is 4.65. The zero-order valence-electron chi connectivity index (χ0n) is 22.6. The van der Waals surface area contributed by atoms with E-state index in [4.69, 9.17) is 5.11 Å². The number of carboxylic acids is 1. The lowest BCUT2D eigenvalue weighted by molar-refractivity contribution is -0.138. The van der Waals surface area contributed by atoms with Gasteiger partial charge in [-0.2, -0.15) is 18.2 Å².